The van der Waals surface area contributed by atoms with Gasteiger partial charge in [0.2, 0.25) is 0 Å². The van der Waals surface area contributed by atoms with E-state index in [-0.39, 0.29) is 5.60 Å². The SMILES string of the molecule is CCOC1(C)CCN(c2c([C@H](OC(C)(C)C)C(=O)O)c(C)cn3nc(-c4cccc(Br)c4)cc23)CC1. The lowest BCUT2D eigenvalue weighted by atomic mass is 9.91. The minimum Gasteiger partial charge on any atom is -0.479 e. The van der Waals surface area contributed by atoms with Crippen molar-refractivity contribution in [3.05, 3.63) is 52.1 Å². The molecule has 0 radical (unpaired) electrons. The number of rotatable bonds is 7. The Balaban J connectivity index is 1.90. The van der Waals surface area contributed by atoms with Gasteiger partial charge in [0.05, 0.1) is 28.1 Å². The number of aryl methyl sites for hydroxylation is 1. The van der Waals surface area contributed by atoms with E-state index >= 15 is 0 Å². The number of piperidine rings is 1. The lowest BCUT2D eigenvalue weighted by Gasteiger charge is -2.41. The van der Waals surface area contributed by atoms with Crippen LogP contribution in [0.1, 0.15) is 64.7 Å². The molecule has 194 valence electrons. The summed E-state index contributed by atoms with van der Waals surface area (Å²) in [7, 11) is 0. The standard InChI is InChI=1S/C28H36BrN3O4/c1-7-35-28(6)11-13-31(14-12-28)24-22-16-21(19-9-8-10-20(29)15-19)30-32(22)17-18(2)23(24)25(26(33)34)36-27(3,4)5/h8-10,15-17,25H,7,11-14H2,1-6H3,(H,33,34)/t25-/m0/s1. The van der Waals surface area contributed by atoms with Crippen molar-refractivity contribution < 1.29 is 19.4 Å². The van der Waals surface area contributed by atoms with E-state index in [4.69, 9.17) is 14.6 Å². The van der Waals surface area contributed by atoms with Gasteiger partial charge in [0.1, 0.15) is 0 Å². The predicted molar refractivity (Wildman–Crippen MR) is 146 cm³/mol. The van der Waals surface area contributed by atoms with E-state index in [0.717, 1.165) is 58.4 Å². The molecule has 3 aromatic rings. The molecule has 1 fully saturated rings. The Hall–Kier alpha value is -2.42. The molecule has 0 aliphatic carbocycles. The van der Waals surface area contributed by atoms with Crippen molar-refractivity contribution in [2.24, 2.45) is 0 Å². The number of halogens is 1. The summed E-state index contributed by atoms with van der Waals surface area (Å²) < 4.78 is 15.0. The molecule has 4 rings (SSSR count). The van der Waals surface area contributed by atoms with Crippen LogP contribution < -0.4 is 4.90 Å². The van der Waals surface area contributed by atoms with E-state index < -0.39 is 17.7 Å². The van der Waals surface area contributed by atoms with Crippen molar-refractivity contribution in [2.45, 2.75) is 71.7 Å². The van der Waals surface area contributed by atoms with Crippen molar-refractivity contribution >= 4 is 33.1 Å². The van der Waals surface area contributed by atoms with Gasteiger partial charge in [0, 0.05) is 41.5 Å². The number of aromatic nitrogens is 2. The summed E-state index contributed by atoms with van der Waals surface area (Å²) >= 11 is 3.55. The Kier molecular flexibility index (Phi) is 7.51. The molecule has 8 heteroatoms. The summed E-state index contributed by atoms with van der Waals surface area (Å²) in [5.74, 6) is -0.999. The molecule has 0 amide bonds. The molecule has 7 nitrogen and oxygen atoms in total. The molecule has 36 heavy (non-hydrogen) atoms. The highest BCUT2D eigenvalue weighted by molar-refractivity contribution is 9.10. The molecular weight excluding hydrogens is 522 g/mol. The van der Waals surface area contributed by atoms with E-state index in [1.807, 2.05) is 75.7 Å². The van der Waals surface area contributed by atoms with Crippen LogP contribution in [0.5, 0.6) is 0 Å². The fourth-order valence-electron chi connectivity index (χ4n) is 4.98. The summed E-state index contributed by atoms with van der Waals surface area (Å²) in [5.41, 5.74) is 4.27. The average Bonchev–Trinajstić information content (AvgIpc) is 3.20. The van der Waals surface area contributed by atoms with Gasteiger partial charge in [0.25, 0.3) is 0 Å². The van der Waals surface area contributed by atoms with Gasteiger partial charge in [-0.05, 0) is 78.1 Å². The first-order valence-electron chi connectivity index (χ1n) is 12.5. The summed E-state index contributed by atoms with van der Waals surface area (Å²) in [5, 5.41) is 15.2. The normalized spacial score (nSPS) is 16.9. The monoisotopic (exact) mass is 557 g/mol. The first kappa shape index (κ1) is 26.6. The smallest absolute Gasteiger partial charge is 0.337 e. The van der Waals surface area contributed by atoms with Gasteiger partial charge in [-0.2, -0.15) is 5.10 Å². The van der Waals surface area contributed by atoms with E-state index in [1.165, 1.54) is 0 Å². The van der Waals surface area contributed by atoms with Crippen LogP contribution >= 0.6 is 15.9 Å². The topological polar surface area (TPSA) is 76.3 Å². The van der Waals surface area contributed by atoms with Crippen molar-refractivity contribution in [1.29, 1.82) is 0 Å². The molecule has 2 aromatic heterocycles. The Morgan fingerprint density at radius 3 is 2.53 bits per heavy atom. The number of fused-ring (bicyclic) bond motifs is 1. The molecule has 1 aliphatic rings. The van der Waals surface area contributed by atoms with E-state index in [2.05, 4.69) is 27.8 Å². The number of hydrogen-bond acceptors (Lipinski definition) is 5. The zero-order chi connectivity index (χ0) is 26.3. The van der Waals surface area contributed by atoms with Gasteiger partial charge in [-0.3, -0.25) is 0 Å². The van der Waals surface area contributed by atoms with E-state index in [0.29, 0.717) is 12.2 Å². The van der Waals surface area contributed by atoms with Crippen LogP contribution in [0.15, 0.2) is 41.0 Å². The van der Waals surface area contributed by atoms with Gasteiger partial charge in [-0.25, -0.2) is 9.31 Å². The molecule has 0 bridgehead atoms. The first-order valence-corrected chi connectivity index (χ1v) is 13.3. The fraction of sp³-hybridized carbons (Fsp3) is 0.500. The number of pyridine rings is 1. The van der Waals surface area contributed by atoms with Crippen LogP contribution in [0.3, 0.4) is 0 Å². The molecule has 1 saturated heterocycles. The number of carbonyl (C=O) groups is 1. The molecule has 0 unspecified atom stereocenters. The highest BCUT2D eigenvalue weighted by Crippen LogP contribution is 2.41. The van der Waals surface area contributed by atoms with Crippen LogP contribution in [0.4, 0.5) is 5.69 Å². The molecule has 1 aromatic carbocycles. The third-order valence-corrected chi connectivity index (χ3v) is 7.18. The summed E-state index contributed by atoms with van der Waals surface area (Å²) in [4.78, 5) is 14.8. The lowest BCUT2D eigenvalue weighted by molar-refractivity contribution is -0.160. The number of carboxylic acid groups (broad SMARTS) is 1. The zero-order valence-electron chi connectivity index (χ0n) is 22.0. The average molecular weight is 559 g/mol. The lowest BCUT2D eigenvalue weighted by Crippen LogP contribution is -2.45. The second kappa shape index (κ2) is 10.1. The highest BCUT2D eigenvalue weighted by Gasteiger charge is 2.36. The summed E-state index contributed by atoms with van der Waals surface area (Å²) in [6.07, 6.45) is 2.51. The fourth-order valence-corrected chi connectivity index (χ4v) is 5.38. The second-order valence-corrected chi connectivity index (χ2v) is 11.7. The van der Waals surface area contributed by atoms with Crippen molar-refractivity contribution in [3.63, 3.8) is 0 Å². The Bertz CT molecular complexity index is 1260. The molecule has 1 N–H and O–H groups in total. The highest BCUT2D eigenvalue weighted by atomic mass is 79.9. The maximum Gasteiger partial charge on any atom is 0.337 e. The summed E-state index contributed by atoms with van der Waals surface area (Å²) in [6.45, 7) is 14.0. The van der Waals surface area contributed by atoms with Crippen LogP contribution in [0.2, 0.25) is 0 Å². The second-order valence-electron chi connectivity index (χ2n) is 10.8. The minimum absolute atomic E-state index is 0.179. The van der Waals surface area contributed by atoms with E-state index in [1.54, 1.807) is 0 Å². The van der Waals surface area contributed by atoms with Gasteiger partial charge in [-0.1, -0.05) is 28.1 Å². The van der Waals surface area contributed by atoms with Crippen LogP contribution in [0, 0.1) is 6.92 Å². The third-order valence-electron chi connectivity index (χ3n) is 6.68. The molecular formula is C28H36BrN3O4. The van der Waals surface area contributed by atoms with Gasteiger partial charge < -0.3 is 19.5 Å². The number of carboxylic acids is 1. The minimum atomic E-state index is -1.10. The molecule has 1 atom stereocenters. The Morgan fingerprint density at radius 1 is 1.25 bits per heavy atom. The number of nitrogens with zero attached hydrogens (tertiary/aromatic N) is 3. The van der Waals surface area contributed by atoms with Crippen LogP contribution in [-0.4, -0.2) is 51.6 Å². The maximum absolute atomic E-state index is 12.6. The van der Waals surface area contributed by atoms with Crippen molar-refractivity contribution in [2.75, 3.05) is 24.6 Å². The number of benzene rings is 1. The quantitative estimate of drug-likeness (QED) is 0.361. The summed E-state index contributed by atoms with van der Waals surface area (Å²) in [6, 6.07) is 10.1. The van der Waals surface area contributed by atoms with Gasteiger partial charge >= 0.3 is 5.97 Å². The molecule has 0 saturated carbocycles. The predicted octanol–water partition coefficient (Wildman–Crippen LogP) is 6.41. The molecule has 0 spiro atoms. The first-order chi connectivity index (χ1) is 16.9. The van der Waals surface area contributed by atoms with Gasteiger partial charge in [-0.15, -0.1) is 0 Å². The Labute approximate surface area is 221 Å². The third kappa shape index (κ3) is 5.61. The number of ether oxygens (including phenoxy) is 2. The maximum atomic E-state index is 12.6. The van der Waals surface area contributed by atoms with Crippen LogP contribution in [0.25, 0.3) is 16.8 Å². The number of aliphatic carboxylic acids is 1. The largest absolute Gasteiger partial charge is 0.479 e. The van der Waals surface area contributed by atoms with Crippen molar-refractivity contribution in [3.8, 4) is 11.3 Å². The molecule has 1 aliphatic heterocycles. The van der Waals surface area contributed by atoms with Crippen LogP contribution in [-0.2, 0) is 14.3 Å². The van der Waals surface area contributed by atoms with E-state index in [9.17, 15) is 9.90 Å². The zero-order valence-corrected chi connectivity index (χ0v) is 23.6. The van der Waals surface area contributed by atoms with Crippen molar-refractivity contribution in [1.82, 2.24) is 9.61 Å². The number of hydrogen-bond donors (Lipinski definition) is 1. The Morgan fingerprint density at radius 2 is 1.94 bits per heavy atom. The van der Waals surface area contributed by atoms with Gasteiger partial charge in [0.15, 0.2) is 6.10 Å². The molecule has 3 heterocycles. The number of anilines is 1.